The first kappa shape index (κ1) is 12.6. The third kappa shape index (κ3) is 2.68. The van der Waals surface area contributed by atoms with Gasteiger partial charge >= 0.3 is 0 Å². The average molecular weight is 245 g/mol. The van der Waals surface area contributed by atoms with Gasteiger partial charge in [-0.2, -0.15) is 0 Å². The topological polar surface area (TPSA) is 35.2 Å². The van der Waals surface area contributed by atoms with Crippen molar-refractivity contribution < 1.29 is 9.13 Å². The van der Waals surface area contributed by atoms with Crippen molar-refractivity contribution in [1.29, 1.82) is 0 Å². The second kappa shape index (κ2) is 5.65. The SMILES string of the molecule is Cc1cc(-c2ccccc2F)ccc1OCCN. The molecule has 2 aromatic carbocycles. The Morgan fingerprint density at radius 2 is 1.94 bits per heavy atom. The molecule has 0 aliphatic rings. The Hall–Kier alpha value is -1.87. The molecule has 94 valence electrons. The van der Waals surface area contributed by atoms with Crippen molar-refractivity contribution in [3.05, 3.63) is 53.8 Å². The number of halogens is 1. The second-order valence-electron chi connectivity index (χ2n) is 4.10. The summed E-state index contributed by atoms with van der Waals surface area (Å²) in [7, 11) is 0. The summed E-state index contributed by atoms with van der Waals surface area (Å²) in [4.78, 5) is 0. The van der Waals surface area contributed by atoms with Crippen LogP contribution in [0, 0.1) is 12.7 Å². The Labute approximate surface area is 106 Å². The van der Waals surface area contributed by atoms with Gasteiger partial charge < -0.3 is 10.5 Å². The van der Waals surface area contributed by atoms with Crippen LogP contribution in [-0.2, 0) is 0 Å². The minimum Gasteiger partial charge on any atom is -0.492 e. The lowest BCUT2D eigenvalue weighted by molar-refractivity contribution is 0.326. The normalized spacial score (nSPS) is 10.4. The van der Waals surface area contributed by atoms with Crippen LogP contribution < -0.4 is 10.5 Å². The van der Waals surface area contributed by atoms with E-state index in [1.54, 1.807) is 12.1 Å². The molecule has 2 N–H and O–H groups in total. The largest absolute Gasteiger partial charge is 0.492 e. The second-order valence-corrected chi connectivity index (χ2v) is 4.10. The van der Waals surface area contributed by atoms with Crippen LogP contribution in [0.25, 0.3) is 11.1 Å². The van der Waals surface area contributed by atoms with Crippen molar-refractivity contribution in [1.82, 2.24) is 0 Å². The minimum atomic E-state index is -0.215. The Balaban J connectivity index is 2.32. The Morgan fingerprint density at radius 1 is 1.17 bits per heavy atom. The van der Waals surface area contributed by atoms with Gasteiger partial charge in [0.2, 0.25) is 0 Å². The predicted octanol–water partition coefficient (Wildman–Crippen LogP) is 3.14. The molecule has 0 aliphatic carbocycles. The highest BCUT2D eigenvalue weighted by Crippen LogP contribution is 2.27. The number of hydrogen-bond donors (Lipinski definition) is 1. The standard InChI is InChI=1S/C15H16FNO/c1-11-10-12(6-7-15(11)18-9-8-17)13-4-2-3-5-14(13)16/h2-7,10H,8-9,17H2,1H3. The lowest BCUT2D eigenvalue weighted by Gasteiger charge is -2.10. The molecule has 0 amide bonds. The van der Waals surface area contributed by atoms with Crippen LogP contribution in [0.15, 0.2) is 42.5 Å². The van der Waals surface area contributed by atoms with Crippen LogP contribution in [0.4, 0.5) is 4.39 Å². The van der Waals surface area contributed by atoms with Gasteiger partial charge in [0.15, 0.2) is 0 Å². The van der Waals surface area contributed by atoms with E-state index in [2.05, 4.69) is 0 Å². The van der Waals surface area contributed by atoms with E-state index in [0.717, 1.165) is 16.9 Å². The van der Waals surface area contributed by atoms with Gasteiger partial charge in [0.05, 0.1) is 0 Å². The highest BCUT2D eigenvalue weighted by Gasteiger charge is 2.06. The molecule has 0 heterocycles. The first-order valence-electron chi connectivity index (χ1n) is 5.91. The molecule has 3 heteroatoms. The summed E-state index contributed by atoms with van der Waals surface area (Å²) in [5, 5.41) is 0. The van der Waals surface area contributed by atoms with E-state index in [1.165, 1.54) is 6.07 Å². The van der Waals surface area contributed by atoms with Gasteiger partial charge in [0.1, 0.15) is 18.2 Å². The summed E-state index contributed by atoms with van der Waals surface area (Å²) < 4.78 is 19.2. The van der Waals surface area contributed by atoms with Crippen LogP contribution in [0.5, 0.6) is 5.75 Å². The zero-order valence-electron chi connectivity index (χ0n) is 10.3. The highest BCUT2D eigenvalue weighted by molar-refractivity contribution is 5.66. The van der Waals surface area contributed by atoms with Gasteiger partial charge in [-0.25, -0.2) is 4.39 Å². The van der Waals surface area contributed by atoms with Gasteiger partial charge in [0.25, 0.3) is 0 Å². The van der Waals surface area contributed by atoms with Gasteiger partial charge in [-0.05, 0) is 36.2 Å². The predicted molar refractivity (Wildman–Crippen MR) is 71.1 cm³/mol. The Morgan fingerprint density at radius 3 is 2.61 bits per heavy atom. The Kier molecular flexibility index (Phi) is 3.95. The van der Waals surface area contributed by atoms with Gasteiger partial charge in [-0.3, -0.25) is 0 Å². The van der Waals surface area contributed by atoms with E-state index in [4.69, 9.17) is 10.5 Å². The van der Waals surface area contributed by atoms with Crippen molar-refractivity contribution >= 4 is 0 Å². The molecule has 0 unspecified atom stereocenters. The fourth-order valence-electron chi connectivity index (χ4n) is 1.84. The Bertz CT molecular complexity index is 540. The van der Waals surface area contributed by atoms with Crippen LogP contribution >= 0.6 is 0 Å². The van der Waals surface area contributed by atoms with Crippen molar-refractivity contribution in [3.8, 4) is 16.9 Å². The summed E-state index contributed by atoms with van der Waals surface area (Å²) in [5.74, 6) is 0.577. The number of benzene rings is 2. The maximum absolute atomic E-state index is 13.7. The van der Waals surface area contributed by atoms with E-state index in [9.17, 15) is 4.39 Å². The maximum atomic E-state index is 13.7. The summed E-state index contributed by atoms with van der Waals surface area (Å²) in [6.45, 7) is 2.91. The van der Waals surface area contributed by atoms with E-state index in [1.807, 2.05) is 31.2 Å². The third-order valence-corrected chi connectivity index (χ3v) is 2.74. The summed E-state index contributed by atoms with van der Waals surface area (Å²) >= 11 is 0. The fraction of sp³-hybridized carbons (Fsp3) is 0.200. The first-order chi connectivity index (χ1) is 8.72. The average Bonchev–Trinajstić information content (AvgIpc) is 2.38. The highest BCUT2D eigenvalue weighted by atomic mass is 19.1. The summed E-state index contributed by atoms with van der Waals surface area (Å²) in [5.41, 5.74) is 7.82. The number of hydrogen-bond acceptors (Lipinski definition) is 2. The molecule has 0 radical (unpaired) electrons. The molecular weight excluding hydrogens is 229 g/mol. The molecule has 0 saturated heterocycles. The molecule has 0 aliphatic heterocycles. The van der Waals surface area contributed by atoms with Gasteiger partial charge in [-0.1, -0.05) is 24.3 Å². The van der Waals surface area contributed by atoms with Crippen LogP contribution in [0.2, 0.25) is 0 Å². The summed E-state index contributed by atoms with van der Waals surface area (Å²) in [6.07, 6.45) is 0. The third-order valence-electron chi connectivity index (χ3n) is 2.74. The first-order valence-corrected chi connectivity index (χ1v) is 5.91. The molecule has 2 rings (SSSR count). The summed E-state index contributed by atoms with van der Waals surface area (Å²) in [6, 6.07) is 12.4. The van der Waals surface area contributed by atoms with E-state index in [-0.39, 0.29) is 5.82 Å². The molecular formula is C15H16FNO. The smallest absolute Gasteiger partial charge is 0.131 e. The number of ether oxygens (including phenoxy) is 1. The maximum Gasteiger partial charge on any atom is 0.131 e. The molecule has 0 aromatic heterocycles. The fourth-order valence-corrected chi connectivity index (χ4v) is 1.84. The van der Waals surface area contributed by atoms with Gasteiger partial charge in [0, 0.05) is 12.1 Å². The van der Waals surface area contributed by atoms with Crippen molar-refractivity contribution in [2.75, 3.05) is 13.2 Å². The number of aryl methyl sites for hydroxylation is 1. The van der Waals surface area contributed by atoms with Crippen molar-refractivity contribution in [3.63, 3.8) is 0 Å². The number of rotatable bonds is 4. The molecule has 0 bridgehead atoms. The monoisotopic (exact) mass is 245 g/mol. The molecule has 2 nitrogen and oxygen atoms in total. The molecule has 0 fully saturated rings. The van der Waals surface area contributed by atoms with Gasteiger partial charge in [-0.15, -0.1) is 0 Å². The molecule has 0 atom stereocenters. The molecule has 18 heavy (non-hydrogen) atoms. The quantitative estimate of drug-likeness (QED) is 0.898. The van der Waals surface area contributed by atoms with E-state index in [0.29, 0.717) is 18.7 Å². The minimum absolute atomic E-state index is 0.215. The van der Waals surface area contributed by atoms with Crippen molar-refractivity contribution in [2.24, 2.45) is 5.73 Å². The lowest BCUT2D eigenvalue weighted by atomic mass is 10.0. The molecule has 2 aromatic rings. The van der Waals surface area contributed by atoms with E-state index < -0.39 is 0 Å². The lowest BCUT2D eigenvalue weighted by Crippen LogP contribution is -2.11. The zero-order chi connectivity index (χ0) is 13.0. The molecule has 0 spiro atoms. The van der Waals surface area contributed by atoms with Crippen LogP contribution in [0.1, 0.15) is 5.56 Å². The molecule has 0 saturated carbocycles. The van der Waals surface area contributed by atoms with Crippen LogP contribution in [-0.4, -0.2) is 13.2 Å². The van der Waals surface area contributed by atoms with Crippen LogP contribution in [0.3, 0.4) is 0 Å². The van der Waals surface area contributed by atoms with Crippen molar-refractivity contribution in [2.45, 2.75) is 6.92 Å². The number of nitrogens with two attached hydrogens (primary N) is 1. The van der Waals surface area contributed by atoms with E-state index >= 15 is 0 Å². The zero-order valence-corrected chi connectivity index (χ0v) is 10.3.